The van der Waals surface area contributed by atoms with E-state index in [4.69, 9.17) is 10.4 Å². The van der Waals surface area contributed by atoms with E-state index in [1.54, 1.807) is 13.0 Å². The number of carbonyl (C=O) groups is 1. The molecule has 0 atom stereocenters. The third kappa shape index (κ3) is 3.26. The molecule has 2 aromatic heterocycles. The van der Waals surface area contributed by atoms with Crippen molar-refractivity contribution >= 4 is 11.9 Å². The zero-order valence-corrected chi connectivity index (χ0v) is 10.7. The highest BCUT2D eigenvalue weighted by atomic mass is 16.4. The van der Waals surface area contributed by atoms with Gasteiger partial charge >= 0.3 is 5.97 Å². The predicted octanol–water partition coefficient (Wildman–Crippen LogP) is 1.36. The molecule has 0 radical (unpaired) electrons. The monoisotopic (exact) mass is 269 g/mol. The standard InChI is InChI=1S/C13H11N5O2/c1-8-4-10(6-14)18-13(17-8)16-7-11-5-9(12(19)20)2-3-15-11/h2-5H,7H2,1H3,(H,19,20)(H,16,17,18). The van der Waals surface area contributed by atoms with Gasteiger partial charge in [-0.3, -0.25) is 4.98 Å². The van der Waals surface area contributed by atoms with E-state index in [1.807, 2.05) is 6.07 Å². The molecule has 2 aromatic rings. The van der Waals surface area contributed by atoms with E-state index in [0.717, 1.165) is 0 Å². The lowest BCUT2D eigenvalue weighted by molar-refractivity contribution is 0.0696. The maximum Gasteiger partial charge on any atom is 0.335 e. The molecule has 2 heterocycles. The largest absolute Gasteiger partial charge is 0.478 e. The number of anilines is 1. The van der Waals surface area contributed by atoms with E-state index >= 15 is 0 Å². The van der Waals surface area contributed by atoms with Crippen molar-refractivity contribution in [3.05, 3.63) is 47.0 Å². The van der Waals surface area contributed by atoms with E-state index in [-0.39, 0.29) is 17.8 Å². The van der Waals surface area contributed by atoms with Gasteiger partial charge in [-0.1, -0.05) is 0 Å². The predicted molar refractivity (Wildman–Crippen MR) is 70.0 cm³/mol. The number of carboxylic acid groups (broad SMARTS) is 1. The van der Waals surface area contributed by atoms with Crippen LogP contribution in [-0.2, 0) is 6.54 Å². The molecule has 0 aliphatic heterocycles. The zero-order valence-electron chi connectivity index (χ0n) is 10.7. The number of nitrogens with one attached hydrogen (secondary N) is 1. The van der Waals surface area contributed by atoms with Gasteiger partial charge in [-0.25, -0.2) is 14.8 Å². The molecule has 0 saturated heterocycles. The van der Waals surface area contributed by atoms with Crippen molar-refractivity contribution in [1.82, 2.24) is 15.0 Å². The first-order chi connectivity index (χ1) is 9.58. The van der Waals surface area contributed by atoms with E-state index < -0.39 is 5.97 Å². The van der Waals surface area contributed by atoms with E-state index in [2.05, 4.69) is 20.3 Å². The fourth-order valence-corrected chi connectivity index (χ4v) is 1.58. The Morgan fingerprint density at radius 3 is 2.95 bits per heavy atom. The molecule has 20 heavy (non-hydrogen) atoms. The third-order valence-corrected chi connectivity index (χ3v) is 2.46. The summed E-state index contributed by atoms with van der Waals surface area (Å²) in [5.74, 6) is -0.698. The van der Waals surface area contributed by atoms with Gasteiger partial charge in [-0.2, -0.15) is 5.26 Å². The molecule has 0 unspecified atom stereocenters. The Bertz CT molecular complexity index is 693. The molecule has 0 fully saturated rings. The average molecular weight is 269 g/mol. The van der Waals surface area contributed by atoms with Gasteiger partial charge in [0.05, 0.1) is 17.8 Å². The second-order valence-electron chi connectivity index (χ2n) is 4.02. The van der Waals surface area contributed by atoms with Crippen LogP contribution in [0.25, 0.3) is 0 Å². The minimum Gasteiger partial charge on any atom is -0.478 e. The number of pyridine rings is 1. The summed E-state index contributed by atoms with van der Waals surface area (Å²) in [5.41, 5.74) is 1.66. The van der Waals surface area contributed by atoms with Crippen molar-refractivity contribution in [2.75, 3.05) is 5.32 Å². The molecular weight excluding hydrogens is 258 g/mol. The van der Waals surface area contributed by atoms with Crippen LogP contribution < -0.4 is 5.32 Å². The van der Waals surface area contributed by atoms with Crippen LogP contribution >= 0.6 is 0 Å². The molecule has 0 aliphatic rings. The number of hydrogen-bond acceptors (Lipinski definition) is 6. The molecule has 2 rings (SSSR count). The molecule has 0 aliphatic carbocycles. The number of aromatic nitrogens is 3. The lowest BCUT2D eigenvalue weighted by Gasteiger charge is -2.06. The smallest absolute Gasteiger partial charge is 0.335 e. The van der Waals surface area contributed by atoms with Crippen LogP contribution in [0, 0.1) is 18.3 Å². The molecule has 7 heteroatoms. The van der Waals surface area contributed by atoms with Crippen molar-refractivity contribution in [2.45, 2.75) is 13.5 Å². The van der Waals surface area contributed by atoms with Gasteiger partial charge in [0, 0.05) is 11.9 Å². The van der Waals surface area contributed by atoms with Crippen LogP contribution in [0.15, 0.2) is 24.4 Å². The quantitative estimate of drug-likeness (QED) is 0.861. The topological polar surface area (TPSA) is 112 Å². The van der Waals surface area contributed by atoms with Crippen molar-refractivity contribution < 1.29 is 9.90 Å². The normalized spacial score (nSPS) is 9.80. The van der Waals surface area contributed by atoms with Crippen LogP contribution in [0.3, 0.4) is 0 Å². The average Bonchev–Trinajstić information content (AvgIpc) is 2.44. The van der Waals surface area contributed by atoms with Crippen molar-refractivity contribution in [1.29, 1.82) is 5.26 Å². The van der Waals surface area contributed by atoms with Crippen LogP contribution in [0.5, 0.6) is 0 Å². The fourth-order valence-electron chi connectivity index (χ4n) is 1.58. The third-order valence-electron chi connectivity index (χ3n) is 2.46. The Hall–Kier alpha value is -3.01. The maximum absolute atomic E-state index is 10.8. The SMILES string of the molecule is Cc1cc(C#N)nc(NCc2cc(C(=O)O)ccn2)n1. The zero-order chi connectivity index (χ0) is 14.5. The summed E-state index contributed by atoms with van der Waals surface area (Å²) in [6.07, 6.45) is 1.43. The molecule has 0 bridgehead atoms. The van der Waals surface area contributed by atoms with Crippen LogP contribution in [0.2, 0.25) is 0 Å². The highest BCUT2D eigenvalue weighted by Gasteiger charge is 2.05. The Balaban J connectivity index is 2.13. The summed E-state index contributed by atoms with van der Waals surface area (Å²) >= 11 is 0. The molecule has 0 amide bonds. The molecular formula is C13H11N5O2. The maximum atomic E-state index is 10.8. The number of hydrogen-bond donors (Lipinski definition) is 2. The van der Waals surface area contributed by atoms with Gasteiger partial charge in [0.15, 0.2) is 0 Å². The molecule has 0 spiro atoms. The van der Waals surface area contributed by atoms with E-state index in [1.165, 1.54) is 18.3 Å². The Morgan fingerprint density at radius 1 is 1.45 bits per heavy atom. The summed E-state index contributed by atoms with van der Waals surface area (Å²) in [4.78, 5) is 23.0. The Morgan fingerprint density at radius 2 is 2.25 bits per heavy atom. The highest BCUT2D eigenvalue weighted by molar-refractivity contribution is 5.87. The summed E-state index contributed by atoms with van der Waals surface area (Å²) in [5, 5.41) is 20.6. The van der Waals surface area contributed by atoms with Crippen molar-refractivity contribution in [2.24, 2.45) is 0 Å². The molecule has 100 valence electrons. The first kappa shape index (κ1) is 13.4. The van der Waals surface area contributed by atoms with Gasteiger partial charge in [0.1, 0.15) is 11.8 Å². The molecule has 2 N–H and O–H groups in total. The van der Waals surface area contributed by atoms with Gasteiger partial charge in [-0.15, -0.1) is 0 Å². The van der Waals surface area contributed by atoms with Crippen molar-refractivity contribution in [3.8, 4) is 6.07 Å². The summed E-state index contributed by atoms with van der Waals surface area (Å²) in [6.45, 7) is 2.03. The van der Waals surface area contributed by atoms with Crippen LogP contribution in [0.4, 0.5) is 5.95 Å². The lowest BCUT2D eigenvalue weighted by atomic mass is 10.2. The summed E-state index contributed by atoms with van der Waals surface area (Å²) < 4.78 is 0. The number of rotatable bonds is 4. The summed E-state index contributed by atoms with van der Waals surface area (Å²) in [7, 11) is 0. The lowest BCUT2D eigenvalue weighted by Crippen LogP contribution is -2.08. The second-order valence-corrected chi connectivity index (χ2v) is 4.02. The van der Waals surface area contributed by atoms with Crippen molar-refractivity contribution in [3.63, 3.8) is 0 Å². The van der Waals surface area contributed by atoms with Gasteiger partial charge in [0.25, 0.3) is 0 Å². The van der Waals surface area contributed by atoms with Crippen LogP contribution in [-0.4, -0.2) is 26.0 Å². The van der Waals surface area contributed by atoms with E-state index in [9.17, 15) is 4.79 Å². The van der Waals surface area contributed by atoms with Gasteiger partial charge in [0.2, 0.25) is 5.95 Å². The second kappa shape index (κ2) is 5.75. The minimum absolute atomic E-state index is 0.166. The first-order valence-electron chi connectivity index (χ1n) is 5.76. The number of nitrogens with zero attached hydrogens (tertiary/aromatic N) is 4. The Labute approximate surface area is 115 Å². The Kier molecular flexibility index (Phi) is 3.86. The van der Waals surface area contributed by atoms with Gasteiger partial charge in [-0.05, 0) is 25.1 Å². The molecule has 0 saturated carbocycles. The number of nitriles is 1. The molecule has 0 aromatic carbocycles. The first-order valence-corrected chi connectivity index (χ1v) is 5.76. The number of aromatic carboxylic acids is 1. The fraction of sp³-hybridized carbons (Fsp3) is 0.154. The van der Waals surface area contributed by atoms with Crippen LogP contribution in [0.1, 0.15) is 27.4 Å². The number of carboxylic acids is 1. The molecule has 7 nitrogen and oxygen atoms in total. The summed E-state index contributed by atoms with van der Waals surface area (Å²) in [6, 6.07) is 6.41. The minimum atomic E-state index is -1.01. The van der Waals surface area contributed by atoms with Gasteiger partial charge < -0.3 is 10.4 Å². The van der Waals surface area contributed by atoms with E-state index in [0.29, 0.717) is 17.3 Å². The number of aryl methyl sites for hydroxylation is 1. The highest BCUT2D eigenvalue weighted by Crippen LogP contribution is 2.07.